The van der Waals surface area contributed by atoms with E-state index in [1.54, 1.807) is 6.20 Å². The van der Waals surface area contributed by atoms with Crippen LogP contribution in [0.2, 0.25) is 0 Å². The standard InChI is InChI=1S/C15H24N4O/c1-18-8-10-19(11-9-18)12-13-5-7-17-15(20)14(13)4-2-3-6-16/h2-3,5,7H,4,6,8-12,16H2,1H3,(H,17,20). The minimum atomic E-state index is 0.0123. The molecule has 110 valence electrons. The summed E-state index contributed by atoms with van der Waals surface area (Å²) in [5.74, 6) is 0. The van der Waals surface area contributed by atoms with Crippen molar-refractivity contribution >= 4 is 0 Å². The molecule has 1 saturated heterocycles. The van der Waals surface area contributed by atoms with Crippen LogP contribution in [0.15, 0.2) is 29.2 Å². The van der Waals surface area contributed by atoms with Gasteiger partial charge in [-0.1, -0.05) is 12.2 Å². The number of nitrogens with zero attached hydrogens (tertiary/aromatic N) is 2. The third kappa shape index (κ3) is 4.03. The van der Waals surface area contributed by atoms with E-state index in [0.717, 1.165) is 43.9 Å². The molecule has 5 nitrogen and oxygen atoms in total. The Morgan fingerprint density at radius 1 is 1.30 bits per heavy atom. The van der Waals surface area contributed by atoms with Crippen LogP contribution in [-0.2, 0) is 13.0 Å². The first kappa shape index (κ1) is 15.0. The number of pyridine rings is 1. The second-order valence-electron chi connectivity index (χ2n) is 5.30. The molecule has 1 aliphatic rings. The molecular weight excluding hydrogens is 252 g/mol. The summed E-state index contributed by atoms with van der Waals surface area (Å²) in [7, 11) is 2.15. The highest BCUT2D eigenvalue weighted by molar-refractivity contribution is 5.25. The van der Waals surface area contributed by atoms with E-state index in [9.17, 15) is 4.79 Å². The summed E-state index contributed by atoms with van der Waals surface area (Å²) in [5, 5.41) is 0. The average molecular weight is 276 g/mol. The summed E-state index contributed by atoms with van der Waals surface area (Å²) in [5.41, 5.74) is 7.44. The van der Waals surface area contributed by atoms with Crippen molar-refractivity contribution in [3.8, 4) is 0 Å². The molecule has 1 aliphatic heterocycles. The molecule has 0 aromatic carbocycles. The molecule has 0 radical (unpaired) electrons. The maximum Gasteiger partial charge on any atom is 0.251 e. The van der Waals surface area contributed by atoms with Crippen molar-refractivity contribution in [2.75, 3.05) is 39.8 Å². The number of hydrogen-bond donors (Lipinski definition) is 2. The van der Waals surface area contributed by atoms with Crippen molar-refractivity contribution in [2.45, 2.75) is 13.0 Å². The van der Waals surface area contributed by atoms with Crippen molar-refractivity contribution in [3.05, 3.63) is 45.9 Å². The van der Waals surface area contributed by atoms with Gasteiger partial charge in [0.05, 0.1) is 0 Å². The number of aromatic amines is 1. The van der Waals surface area contributed by atoms with Crippen LogP contribution in [0.1, 0.15) is 11.1 Å². The molecule has 1 fully saturated rings. The van der Waals surface area contributed by atoms with Crippen LogP contribution < -0.4 is 11.3 Å². The van der Waals surface area contributed by atoms with Crippen LogP contribution in [0, 0.1) is 0 Å². The molecule has 2 rings (SSSR count). The van der Waals surface area contributed by atoms with Gasteiger partial charge in [0.15, 0.2) is 0 Å². The largest absolute Gasteiger partial charge is 0.329 e. The fourth-order valence-corrected chi connectivity index (χ4v) is 2.47. The summed E-state index contributed by atoms with van der Waals surface area (Å²) >= 11 is 0. The first-order chi connectivity index (χ1) is 9.70. The van der Waals surface area contributed by atoms with Crippen molar-refractivity contribution in [1.82, 2.24) is 14.8 Å². The topological polar surface area (TPSA) is 65.4 Å². The summed E-state index contributed by atoms with van der Waals surface area (Å²) in [4.78, 5) is 19.5. The fourth-order valence-electron chi connectivity index (χ4n) is 2.47. The highest BCUT2D eigenvalue weighted by Gasteiger charge is 2.15. The molecule has 0 amide bonds. The number of allylic oxidation sites excluding steroid dienone is 1. The lowest BCUT2D eigenvalue weighted by molar-refractivity contribution is 0.148. The number of hydrogen-bond acceptors (Lipinski definition) is 4. The number of nitrogens with two attached hydrogens (primary N) is 1. The van der Waals surface area contributed by atoms with Crippen LogP contribution in [-0.4, -0.2) is 54.6 Å². The quantitative estimate of drug-likeness (QED) is 0.753. The zero-order valence-corrected chi connectivity index (χ0v) is 12.1. The lowest BCUT2D eigenvalue weighted by Gasteiger charge is -2.32. The van der Waals surface area contributed by atoms with Gasteiger partial charge in [-0.3, -0.25) is 9.69 Å². The molecule has 0 unspecified atom stereocenters. The molecule has 5 heteroatoms. The first-order valence-electron chi connectivity index (χ1n) is 7.16. The Bertz CT molecular complexity index is 501. The summed E-state index contributed by atoms with van der Waals surface area (Å²) in [6.07, 6.45) is 6.25. The molecule has 3 N–H and O–H groups in total. The molecule has 0 atom stereocenters. The number of aromatic nitrogens is 1. The predicted molar refractivity (Wildman–Crippen MR) is 81.7 cm³/mol. The lowest BCUT2D eigenvalue weighted by atomic mass is 10.1. The highest BCUT2D eigenvalue weighted by Crippen LogP contribution is 2.10. The molecule has 20 heavy (non-hydrogen) atoms. The maximum absolute atomic E-state index is 12.0. The second-order valence-corrected chi connectivity index (χ2v) is 5.30. The molecule has 1 aromatic rings. The van der Waals surface area contributed by atoms with Crippen molar-refractivity contribution in [1.29, 1.82) is 0 Å². The maximum atomic E-state index is 12.0. The van der Waals surface area contributed by atoms with Gasteiger partial charge in [0, 0.05) is 51.0 Å². The Labute approximate surface area is 120 Å². The Balaban J connectivity index is 2.08. The van der Waals surface area contributed by atoms with Gasteiger partial charge in [-0.25, -0.2) is 0 Å². The molecular formula is C15H24N4O. The number of piperazine rings is 1. The van der Waals surface area contributed by atoms with Gasteiger partial charge in [0.2, 0.25) is 0 Å². The van der Waals surface area contributed by atoms with E-state index < -0.39 is 0 Å². The predicted octanol–water partition coefficient (Wildman–Crippen LogP) is 0.180. The zero-order chi connectivity index (χ0) is 14.4. The van der Waals surface area contributed by atoms with Gasteiger partial charge in [0.1, 0.15) is 0 Å². The Hall–Kier alpha value is -1.43. The zero-order valence-electron chi connectivity index (χ0n) is 12.1. The first-order valence-corrected chi connectivity index (χ1v) is 7.16. The van der Waals surface area contributed by atoms with E-state index in [0.29, 0.717) is 13.0 Å². The third-order valence-corrected chi connectivity index (χ3v) is 3.78. The van der Waals surface area contributed by atoms with Gasteiger partial charge in [0.25, 0.3) is 5.56 Å². The summed E-state index contributed by atoms with van der Waals surface area (Å²) < 4.78 is 0. The molecule has 0 spiro atoms. The van der Waals surface area contributed by atoms with Crippen LogP contribution in [0.5, 0.6) is 0 Å². The van der Waals surface area contributed by atoms with E-state index in [2.05, 4.69) is 21.8 Å². The molecule has 2 heterocycles. The fraction of sp³-hybridized carbons (Fsp3) is 0.533. The third-order valence-electron chi connectivity index (χ3n) is 3.78. The van der Waals surface area contributed by atoms with E-state index in [1.807, 2.05) is 18.2 Å². The minimum absolute atomic E-state index is 0.0123. The Morgan fingerprint density at radius 3 is 2.75 bits per heavy atom. The van der Waals surface area contributed by atoms with Gasteiger partial charge >= 0.3 is 0 Å². The molecule has 0 bridgehead atoms. The van der Waals surface area contributed by atoms with Crippen molar-refractivity contribution in [2.24, 2.45) is 5.73 Å². The molecule has 0 saturated carbocycles. The van der Waals surface area contributed by atoms with Crippen LogP contribution >= 0.6 is 0 Å². The van der Waals surface area contributed by atoms with Gasteiger partial charge < -0.3 is 15.6 Å². The molecule has 0 aliphatic carbocycles. The minimum Gasteiger partial charge on any atom is -0.329 e. The summed E-state index contributed by atoms with van der Waals surface area (Å²) in [6, 6.07) is 2.02. The SMILES string of the molecule is CN1CCN(Cc2cc[nH]c(=O)c2CC=CCN)CC1. The molecule has 1 aromatic heterocycles. The van der Waals surface area contributed by atoms with Crippen LogP contribution in [0.3, 0.4) is 0 Å². The summed E-state index contributed by atoms with van der Waals surface area (Å²) in [6.45, 7) is 5.65. The normalized spacial score (nSPS) is 17.9. The second kappa shape index (κ2) is 7.38. The number of H-pyrrole nitrogens is 1. The van der Waals surface area contributed by atoms with E-state index in [1.165, 1.54) is 0 Å². The van der Waals surface area contributed by atoms with Crippen LogP contribution in [0.25, 0.3) is 0 Å². The monoisotopic (exact) mass is 276 g/mol. The number of rotatable bonds is 5. The van der Waals surface area contributed by atoms with E-state index in [-0.39, 0.29) is 5.56 Å². The number of nitrogens with one attached hydrogen (secondary N) is 1. The van der Waals surface area contributed by atoms with E-state index >= 15 is 0 Å². The highest BCUT2D eigenvalue weighted by atomic mass is 16.1. The van der Waals surface area contributed by atoms with Crippen LogP contribution in [0.4, 0.5) is 0 Å². The van der Waals surface area contributed by atoms with Gasteiger partial charge in [-0.05, 0) is 25.1 Å². The van der Waals surface area contributed by atoms with Crippen molar-refractivity contribution < 1.29 is 0 Å². The van der Waals surface area contributed by atoms with Gasteiger partial charge in [-0.2, -0.15) is 0 Å². The Morgan fingerprint density at radius 2 is 2.05 bits per heavy atom. The van der Waals surface area contributed by atoms with Gasteiger partial charge in [-0.15, -0.1) is 0 Å². The smallest absolute Gasteiger partial charge is 0.251 e. The van der Waals surface area contributed by atoms with Crippen molar-refractivity contribution in [3.63, 3.8) is 0 Å². The average Bonchev–Trinajstić information content (AvgIpc) is 2.44. The Kier molecular flexibility index (Phi) is 5.52. The lowest BCUT2D eigenvalue weighted by Crippen LogP contribution is -2.44. The number of likely N-dealkylation sites (N-methyl/N-ethyl adjacent to an activating group) is 1. The van der Waals surface area contributed by atoms with E-state index in [4.69, 9.17) is 5.73 Å².